The van der Waals surface area contributed by atoms with Crippen molar-refractivity contribution in [1.82, 2.24) is 15.1 Å². The van der Waals surface area contributed by atoms with Gasteiger partial charge in [-0.25, -0.2) is 0 Å². The summed E-state index contributed by atoms with van der Waals surface area (Å²) in [6.07, 6.45) is 2.84. The van der Waals surface area contributed by atoms with Crippen molar-refractivity contribution in [3.05, 3.63) is 35.4 Å². The molecule has 0 bridgehead atoms. The fourth-order valence-corrected chi connectivity index (χ4v) is 3.42. The monoisotopic (exact) mass is 486 g/mol. The highest BCUT2D eigenvalue weighted by Gasteiger charge is 2.20. The Hall–Kier alpha value is -1.31. The van der Waals surface area contributed by atoms with Crippen molar-refractivity contribution < 1.29 is 4.79 Å². The first-order chi connectivity index (χ1) is 12.5. The van der Waals surface area contributed by atoms with Gasteiger partial charge in [-0.15, -0.1) is 24.0 Å². The molecule has 1 unspecified atom stereocenters. The van der Waals surface area contributed by atoms with E-state index < -0.39 is 0 Å². The Morgan fingerprint density at radius 1 is 1.37 bits per heavy atom. The number of rotatable bonds is 6. The lowest BCUT2D eigenvalue weighted by molar-refractivity contribution is -0.132. The molecular weight excluding hydrogens is 451 g/mol. The minimum Gasteiger partial charge on any atom is -0.357 e. The summed E-state index contributed by atoms with van der Waals surface area (Å²) < 4.78 is 0. The maximum absolute atomic E-state index is 12.4. The van der Waals surface area contributed by atoms with Gasteiger partial charge in [-0.1, -0.05) is 31.2 Å². The Kier molecular flexibility index (Phi) is 10.7. The van der Waals surface area contributed by atoms with Crippen LogP contribution in [0.2, 0.25) is 0 Å². The van der Waals surface area contributed by atoms with Gasteiger partial charge in [0.15, 0.2) is 5.96 Å². The molecule has 1 aromatic carbocycles. The number of nitrogens with one attached hydrogen (secondary N) is 1. The topological polar surface area (TPSA) is 47.9 Å². The Morgan fingerprint density at radius 2 is 2.11 bits per heavy atom. The number of halogens is 1. The van der Waals surface area contributed by atoms with Gasteiger partial charge in [0, 0.05) is 39.6 Å². The maximum Gasteiger partial charge on any atom is 0.224 e. The summed E-state index contributed by atoms with van der Waals surface area (Å²) in [4.78, 5) is 21.2. The Balaban J connectivity index is 0.00000364. The van der Waals surface area contributed by atoms with Crippen LogP contribution in [0.4, 0.5) is 0 Å². The van der Waals surface area contributed by atoms with E-state index in [1.54, 1.807) is 0 Å². The highest BCUT2D eigenvalue weighted by atomic mass is 127. The fraction of sp³-hybridized carbons (Fsp3) is 0.619. The van der Waals surface area contributed by atoms with E-state index in [9.17, 15) is 4.79 Å². The lowest BCUT2D eigenvalue weighted by Gasteiger charge is -2.31. The third-order valence-corrected chi connectivity index (χ3v) is 4.96. The molecule has 1 amide bonds. The van der Waals surface area contributed by atoms with E-state index in [4.69, 9.17) is 0 Å². The van der Waals surface area contributed by atoms with Crippen LogP contribution in [-0.4, -0.2) is 54.9 Å². The van der Waals surface area contributed by atoms with Gasteiger partial charge in [-0.2, -0.15) is 0 Å². The van der Waals surface area contributed by atoms with Crippen LogP contribution in [0.5, 0.6) is 0 Å². The Morgan fingerprint density at radius 3 is 2.78 bits per heavy atom. The van der Waals surface area contributed by atoms with Gasteiger partial charge in [0.2, 0.25) is 5.91 Å². The smallest absolute Gasteiger partial charge is 0.224 e. The van der Waals surface area contributed by atoms with Crippen molar-refractivity contribution in [2.45, 2.75) is 46.6 Å². The molecule has 5 nitrogen and oxygen atoms in total. The third-order valence-electron chi connectivity index (χ3n) is 4.96. The van der Waals surface area contributed by atoms with E-state index in [1.165, 1.54) is 17.5 Å². The van der Waals surface area contributed by atoms with Crippen LogP contribution < -0.4 is 5.32 Å². The minimum absolute atomic E-state index is 0. The zero-order chi connectivity index (χ0) is 18.9. The molecule has 0 radical (unpaired) electrons. The van der Waals surface area contributed by atoms with Crippen LogP contribution in [0.3, 0.4) is 0 Å². The number of amides is 1. The van der Waals surface area contributed by atoms with Gasteiger partial charge in [0.05, 0.1) is 6.54 Å². The molecule has 1 N–H and O–H groups in total. The number of hydrogen-bond acceptors (Lipinski definition) is 2. The second-order valence-electron chi connectivity index (χ2n) is 7.36. The van der Waals surface area contributed by atoms with E-state index in [-0.39, 0.29) is 29.9 Å². The Bertz CT molecular complexity index is 620. The SMILES string of the molecule is CCNC(=NCCC(=O)N1CCCC(C)C1)N(C)Cc1ccccc1C.I. The average molecular weight is 486 g/mol. The number of piperidine rings is 1. The number of carbonyl (C=O) groups excluding carboxylic acids is 1. The number of likely N-dealkylation sites (tertiary alicyclic amines) is 1. The van der Waals surface area contributed by atoms with Crippen LogP contribution in [-0.2, 0) is 11.3 Å². The van der Waals surface area contributed by atoms with Crippen LogP contribution in [0.25, 0.3) is 0 Å². The molecule has 0 spiro atoms. The molecular formula is C21H35IN4O. The van der Waals surface area contributed by atoms with E-state index in [0.29, 0.717) is 18.9 Å². The van der Waals surface area contributed by atoms with Gasteiger partial charge in [-0.05, 0) is 43.7 Å². The summed E-state index contributed by atoms with van der Waals surface area (Å²) in [7, 11) is 2.04. The first-order valence-electron chi connectivity index (χ1n) is 9.83. The standard InChI is InChI=1S/C21H34N4O.HI/c1-5-22-21(24(4)16-19-11-7-6-10-18(19)3)23-13-12-20(26)25-14-8-9-17(2)15-25;/h6-7,10-11,17H,5,8-9,12-16H2,1-4H3,(H,22,23);1H. The van der Waals surface area contributed by atoms with Crippen molar-refractivity contribution >= 4 is 35.8 Å². The molecule has 1 fully saturated rings. The first kappa shape index (κ1) is 23.7. The van der Waals surface area contributed by atoms with E-state index >= 15 is 0 Å². The predicted octanol–water partition coefficient (Wildman–Crippen LogP) is 3.66. The molecule has 1 saturated heterocycles. The lowest BCUT2D eigenvalue weighted by Crippen LogP contribution is -2.40. The minimum atomic E-state index is 0. The first-order valence-corrected chi connectivity index (χ1v) is 9.83. The van der Waals surface area contributed by atoms with E-state index in [0.717, 1.165) is 38.6 Å². The van der Waals surface area contributed by atoms with E-state index in [1.807, 2.05) is 11.9 Å². The normalized spacial score (nSPS) is 17.3. The molecule has 0 aromatic heterocycles. The zero-order valence-electron chi connectivity index (χ0n) is 17.2. The van der Waals surface area contributed by atoms with Gasteiger partial charge in [0.1, 0.15) is 0 Å². The molecule has 27 heavy (non-hydrogen) atoms. The number of benzene rings is 1. The second-order valence-corrected chi connectivity index (χ2v) is 7.36. The van der Waals surface area contributed by atoms with Crippen LogP contribution in [0.1, 0.15) is 44.2 Å². The number of guanidine groups is 1. The molecule has 1 aromatic rings. The fourth-order valence-electron chi connectivity index (χ4n) is 3.42. The number of aliphatic imine (C=N–C) groups is 1. The molecule has 1 atom stereocenters. The maximum atomic E-state index is 12.4. The summed E-state index contributed by atoms with van der Waals surface area (Å²) in [5.41, 5.74) is 2.57. The van der Waals surface area contributed by atoms with Gasteiger partial charge < -0.3 is 15.1 Å². The van der Waals surface area contributed by atoms with Gasteiger partial charge in [0.25, 0.3) is 0 Å². The van der Waals surface area contributed by atoms with Crippen molar-refractivity contribution in [3.63, 3.8) is 0 Å². The number of nitrogens with zero attached hydrogens (tertiary/aromatic N) is 3. The van der Waals surface area contributed by atoms with Crippen molar-refractivity contribution in [2.75, 3.05) is 33.2 Å². The number of carbonyl (C=O) groups is 1. The highest BCUT2D eigenvalue weighted by molar-refractivity contribution is 14.0. The molecule has 152 valence electrons. The summed E-state index contributed by atoms with van der Waals surface area (Å²) >= 11 is 0. The van der Waals surface area contributed by atoms with Crippen LogP contribution >= 0.6 is 24.0 Å². The quantitative estimate of drug-likeness (QED) is 0.380. The molecule has 0 aliphatic carbocycles. The van der Waals surface area contributed by atoms with Crippen LogP contribution in [0.15, 0.2) is 29.3 Å². The molecule has 0 saturated carbocycles. The molecule has 6 heteroatoms. The van der Waals surface area contributed by atoms with Crippen molar-refractivity contribution in [2.24, 2.45) is 10.9 Å². The summed E-state index contributed by atoms with van der Waals surface area (Å²) in [6, 6.07) is 8.41. The molecule has 1 aliphatic rings. The summed E-state index contributed by atoms with van der Waals surface area (Å²) in [5, 5.41) is 3.33. The largest absolute Gasteiger partial charge is 0.357 e. The highest BCUT2D eigenvalue weighted by Crippen LogP contribution is 2.16. The number of aryl methyl sites for hydroxylation is 1. The van der Waals surface area contributed by atoms with E-state index in [2.05, 4.69) is 60.2 Å². The summed E-state index contributed by atoms with van der Waals surface area (Å²) in [6.45, 7) is 10.4. The Labute approximate surface area is 181 Å². The molecule has 2 rings (SSSR count). The third kappa shape index (κ3) is 7.68. The molecule has 1 heterocycles. The van der Waals surface area contributed by atoms with Crippen molar-refractivity contribution in [3.8, 4) is 0 Å². The predicted molar refractivity (Wildman–Crippen MR) is 124 cm³/mol. The van der Waals surface area contributed by atoms with Gasteiger partial charge >= 0.3 is 0 Å². The van der Waals surface area contributed by atoms with Crippen LogP contribution in [0, 0.1) is 12.8 Å². The zero-order valence-corrected chi connectivity index (χ0v) is 19.5. The average Bonchev–Trinajstić information content (AvgIpc) is 2.62. The lowest BCUT2D eigenvalue weighted by atomic mass is 10.00. The summed E-state index contributed by atoms with van der Waals surface area (Å²) in [5.74, 6) is 1.71. The second kappa shape index (κ2) is 12.2. The molecule has 1 aliphatic heterocycles. The number of hydrogen-bond donors (Lipinski definition) is 1. The van der Waals surface area contributed by atoms with Crippen molar-refractivity contribution in [1.29, 1.82) is 0 Å². The van der Waals surface area contributed by atoms with Gasteiger partial charge in [-0.3, -0.25) is 9.79 Å².